The number of carbonyl (C=O) groups excluding carboxylic acids is 2. The Balaban J connectivity index is 2.12. The fourth-order valence-corrected chi connectivity index (χ4v) is 4.09. The summed E-state index contributed by atoms with van der Waals surface area (Å²) < 4.78 is 62.9. The Labute approximate surface area is 159 Å². The summed E-state index contributed by atoms with van der Waals surface area (Å²) in [6.07, 6.45) is -5.39. The zero-order chi connectivity index (χ0) is 20.4. The Hall–Kier alpha value is -1.81. The predicted molar refractivity (Wildman–Crippen MR) is 91.7 cm³/mol. The molecular formula is C16H18ClF3N2O4S. The second-order valence-corrected chi connectivity index (χ2v) is 8.83. The molecule has 11 heteroatoms. The van der Waals surface area contributed by atoms with Crippen LogP contribution in [0.5, 0.6) is 0 Å². The van der Waals surface area contributed by atoms with Gasteiger partial charge < -0.3 is 10.6 Å². The molecule has 0 saturated carbocycles. The number of nitrogens with one attached hydrogen (secondary N) is 2. The number of sulfone groups is 1. The smallest absolute Gasteiger partial charge is 0.355 e. The minimum Gasteiger partial charge on any atom is -0.355 e. The van der Waals surface area contributed by atoms with Crippen LogP contribution < -0.4 is 10.6 Å². The number of rotatable bonds is 5. The molecule has 2 unspecified atom stereocenters. The van der Waals surface area contributed by atoms with Gasteiger partial charge in [-0.15, -0.1) is 0 Å². The van der Waals surface area contributed by atoms with Crippen molar-refractivity contribution in [3.05, 3.63) is 28.8 Å². The molecule has 2 N–H and O–H groups in total. The van der Waals surface area contributed by atoms with E-state index in [1.54, 1.807) is 0 Å². The lowest BCUT2D eigenvalue weighted by Crippen LogP contribution is -2.51. The Morgan fingerprint density at radius 1 is 1.37 bits per heavy atom. The van der Waals surface area contributed by atoms with Crippen molar-refractivity contribution in [1.29, 1.82) is 0 Å². The second kappa shape index (κ2) is 8.05. The predicted octanol–water partition coefficient (Wildman–Crippen LogP) is 2.06. The van der Waals surface area contributed by atoms with Crippen LogP contribution in [0.15, 0.2) is 23.1 Å². The number of hydrogen-bond acceptors (Lipinski definition) is 4. The van der Waals surface area contributed by atoms with Crippen LogP contribution in [0.4, 0.5) is 13.2 Å². The standard InChI is InChI=1S/C16H18ClF3N2O4S/c1-2-27(25,26)13-4-3-11(17)5-9(13)7-21-14(23)10-6-12(16(18,19)20)15(24)22-8-10/h3-5,10,12H,2,6-8H2,1H3,(H,21,23)(H,22,24). The van der Waals surface area contributed by atoms with Crippen molar-refractivity contribution in [1.82, 2.24) is 10.6 Å². The quantitative estimate of drug-likeness (QED) is 0.753. The third-order valence-electron chi connectivity index (χ3n) is 4.32. The second-order valence-electron chi connectivity index (χ2n) is 6.15. The van der Waals surface area contributed by atoms with Crippen molar-refractivity contribution in [3.63, 3.8) is 0 Å². The Kier molecular flexibility index (Phi) is 6.41. The molecule has 2 rings (SSSR count). The van der Waals surface area contributed by atoms with E-state index in [1.165, 1.54) is 25.1 Å². The van der Waals surface area contributed by atoms with E-state index in [4.69, 9.17) is 11.6 Å². The lowest BCUT2D eigenvalue weighted by Gasteiger charge is -2.29. The van der Waals surface area contributed by atoms with Gasteiger partial charge in [0.1, 0.15) is 5.92 Å². The molecule has 27 heavy (non-hydrogen) atoms. The largest absolute Gasteiger partial charge is 0.400 e. The molecule has 0 aliphatic carbocycles. The van der Waals surface area contributed by atoms with E-state index in [-0.39, 0.29) is 34.3 Å². The number of piperidine rings is 1. The lowest BCUT2D eigenvalue weighted by molar-refractivity contribution is -0.189. The van der Waals surface area contributed by atoms with Gasteiger partial charge in [0.05, 0.1) is 16.6 Å². The third kappa shape index (κ3) is 5.13. The van der Waals surface area contributed by atoms with Gasteiger partial charge in [0.2, 0.25) is 11.8 Å². The maximum atomic E-state index is 12.9. The van der Waals surface area contributed by atoms with Crippen LogP contribution in [0.1, 0.15) is 18.9 Å². The summed E-state index contributed by atoms with van der Waals surface area (Å²) >= 11 is 5.88. The van der Waals surface area contributed by atoms with Gasteiger partial charge >= 0.3 is 6.18 Å². The molecule has 1 fully saturated rings. The molecule has 2 amide bonds. The topological polar surface area (TPSA) is 92.3 Å². The van der Waals surface area contributed by atoms with Crippen molar-refractivity contribution in [3.8, 4) is 0 Å². The molecule has 1 aliphatic rings. The van der Waals surface area contributed by atoms with Gasteiger partial charge in [0.25, 0.3) is 0 Å². The van der Waals surface area contributed by atoms with Gasteiger partial charge in [-0.1, -0.05) is 18.5 Å². The maximum Gasteiger partial charge on any atom is 0.400 e. The Morgan fingerprint density at radius 3 is 2.63 bits per heavy atom. The lowest BCUT2D eigenvalue weighted by atomic mass is 9.88. The van der Waals surface area contributed by atoms with Gasteiger partial charge in [-0.3, -0.25) is 9.59 Å². The highest BCUT2D eigenvalue weighted by Gasteiger charge is 2.49. The van der Waals surface area contributed by atoms with Crippen LogP contribution in [0.2, 0.25) is 5.02 Å². The number of carbonyl (C=O) groups is 2. The molecule has 1 aliphatic heterocycles. The zero-order valence-electron chi connectivity index (χ0n) is 14.3. The first-order valence-electron chi connectivity index (χ1n) is 8.09. The molecule has 0 spiro atoms. The number of halogens is 4. The first kappa shape index (κ1) is 21.5. The van der Waals surface area contributed by atoms with Crippen LogP contribution in [0.3, 0.4) is 0 Å². The summed E-state index contributed by atoms with van der Waals surface area (Å²) in [5.74, 6) is -5.33. The van der Waals surface area contributed by atoms with Gasteiger partial charge in [0.15, 0.2) is 9.84 Å². The van der Waals surface area contributed by atoms with Crippen LogP contribution in [0.25, 0.3) is 0 Å². The highest BCUT2D eigenvalue weighted by Crippen LogP contribution is 2.33. The Morgan fingerprint density at radius 2 is 2.04 bits per heavy atom. The molecule has 150 valence electrons. The Bertz CT molecular complexity index is 843. The molecule has 0 aromatic heterocycles. The van der Waals surface area contributed by atoms with Crippen molar-refractivity contribution in [2.45, 2.75) is 31.0 Å². The van der Waals surface area contributed by atoms with E-state index in [2.05, 4.69) is 10.6 Å². The van der Waals surface area contributed by atoms with Crippen LogP contribution in [-0.2, 0) is 26.0 Å². The minimum absolute atomic E-state index is 0.000171. The van der Waals surface area contributed by atoms with Crippen LogP contribution in [-0.4, -0.2) is 38.7 Å². The van der Waals surface area contributed by atoms with E-state index in [0.29, 0.717) is 0 Å². The van der Waals surface area contributed by atoms with E-state index >= 15 is 0 Å². The number of hydrogen-bond donors (Lipinski definition) is 2. The fraction of sp³-hybridized carbons (Fsp3) is 0.500. The van der Waals surface area contributed by atoms with E-state index < -0.39 is 46.1 Å². The first-order chi connectivity index (χ1) is 12.5. The molecule has 1 aromatic carbocycles. The summed E-state index contributed by atoms with van der Waals surface area (Å²) in [4.78, 5) is 23.6. The number of benzene rings is 1. The maximum absolute atomic E-state index is 12.9. The fourth-order valence-electron chi connectivity index (χ4n) is 2.78. The highest BCUT2D eigenvalue weighted by atomic mass is 35.5. The van der Waals surface area contributed by atoms with Crippen LogP contribution in [0, 0.1) is 11.8 Å². The molecule has 2 atom stereocenters. The van der Waals surface area contributed by atoms with Gasteiger partial charge in [-0.25, -0.2) is 8.42 Å². The SMILES string of the molecule is CCS(=O)(=O)c1ccc(Cl)cc1CNC(=O)C1CNC(=O)C(C(F)(F)F)C1. The minimum atomic E-state index is -4.74. The monoisotopic (exact) mass is 426 g/mol. The molecular weight excluding hydrogens is 409 g/mol. The highest BCUT2D eigenvalue weighted by molar-refractivity contribution is 7.91. The molecule has 0 bridgehead atoms. The summed E-state index contributed by atoms with van der Waals surface area (Å²) in [6, 6.07) is 4.11. The molecule has 1 aromatic rings. The number of alkyl halides is 3. The van der Waals surface area contributed by atoms with E-state index in [0.717, 1.165) is 0 Å². The average molecular weight is 427 g/mol. The first-order valence-corrected chi connectivity index (χ1v) is 10.1. The van der Waals surface area contributed by atoms with Gasteiger partial charge in [-0.2, -0.15) is 13.2 Å². The molecule has 1 saturated heterocycles. The summed E-state index contributed by atoms with van der Waals surface area (Å²) in [5, 5.41) is 4.78. The van der Waals surface area contributed by atoms with Crippen molar-refractivity contribution in [2.75, 3.05) is 12.3 Å². The molecule has 0 radical (unpaired) electrons. The van der Waals surface area contributed by atoms with Crippen molar-refractivity contribution >= 4 is 33.3 Å². The molecule has 6 nitrogen and oxygen atoms in total. The van der Waals surface area contributed by atoms with Crippen LogP contribution >= 0.6 is 11.6 Å². The van der Waals surface area contributed by atoms with E-state index in [1.807, 2.05) is 0 Å². The normalized spacial score (nSPS) is 20.9. The average Bonchev–Trinajstić information content (AvgIpc) is 2.58. The van der Waals surface area contributed by atoms with Gasteiger partial charge in [0, 0.05) is 18.1 Å². The third-order valence-corrected chi connectivity index (χ3v) is 6.38. The van der Waals surface area contributed by atoms with E-state index in [9.17, 15) is 31.2 Å². The summed E-state index contributed by atoms with van der Waals surface area (Å²) in [5.41, 5.74) is 0.241. The summed E-state index contributed by atoms with van der Waals surface area (Å²) in [7, 11) is -3.57. The summed E-state index contributed by atoms with van der Waals surface area (Å²) in [6.45, 7) is 1.04. The van der Waals surface area contributed by atoms with Crippen molar-refractivity contribution in [2.24, 2.45) is 11.8 Å². The van der Waals surface area contributed by atoms with Gasteiger partial charge in [-0.05, 0) is 30.2 Å². The molecule has 1 heterocycles. The zero-order valence-corrected chi connectivity index (χ0v) is 15.8. The van der Waals surface area contributed by atoms with Crippen molar-refractivity contribution < 1.29 is 31.2 Å². The number of amides is 2.